The van der Waals surface area contributed by atoms with Crippen molar-refractivity contribution in [2.45, 2.75) is 51.5 Å². The molecule has 0 aromatic rings. The topological polar surface area (TPSA) is 26.0 Å². The summed E-state index contributed by atoms with van der Waals surface area (Å²) in [5, 5.41) is 0. The average molecular weight is 167 g/mol. The second-order valence-corrected chi connectivity index (χ2v) is 5.04. The first-order chi connectivity index (χ1) is 5.66. The molecular formula is C11H21N. The summed E-state index contributed by atoms with van der Waals surface area (Å²) in [6.07, 6.45) is 6.81. The predicted molar refractivity (Wildman–Crippen MR) is 51.8 cm³/mol. The summed E-state index contributed by atoms with van der Waals surface area (Å²) < 4.78 is 0. The van der Waals surface area contributed by atoms with E-state index in [1.54, 1.807) is 0 Å². The highest BCUT2D eigenvalue weighted by molar-refractivity contribution is 5.12. The zero-order valence-electron chi connectivity index (χ0n) is 8.34. The fourth-order valence-corrected chi connectivity index (χ4v) is 3.09. The predicted octanol–water partition coefficient (Wildman–Crippen LogP) is 2.55. The Kier molecular flexibility index (Phi) is 1.95. The SMILES string of the molecule is CCC1CC1(N)C1CCC(C)C1. The second kappa shape index (κ2) is 2.73. The number of nitrogens with two attached hydrogens (primary N) is 1. The molecule has 1 nitrogen and oxygen atoms in total. The van der Waals surface area contributed by atoms with Gasteiger partial charge in [0.05, 0.1) is 0 Å². The van der Waals surface area contributed by atoms with E-state index in [1.807, 2.05) is 0 Å². The minimum atomic E-state index is 0.277. The monoisotopic (exact) mass is 167 g/mol. The zero-order valence-corrected chi connectivity index (χ0v) is 8.34. The first-order valence-corrected chi connectivity index (χ1v) is 5.45. The van der Waals surface area contributed by atoms with Gasteiger partial charge in [0, 0.05) is 5.54 Å². The molecule has 4 unspecified atom stereocenters. The van der Waals surface area contributed by atoms with Gasteiger partial charge in [-0.2, -0.15) is 0 Å². The van der Waals surface area contributed by atoms with Gasteiger partial charge in [0.25, 0.3) is 0 Å². The van der Waals surface area contributed by atoms with Gasteiger partial charge in [-0.1, -0.05) is 26.7 Å². The van der Waals surface area contributed by atoms with Crippen LogP contribution in [0.15, 0.2) is 0 Å². The summed E-state index contributed by atoms with van der Waals surface area (Å²) in [6, 6.07) is 0. The minimum absolute atomic E-state index is 0.277. The molecule has 0 heterocycles. The van der Waals surface area contributed by atoms with Crippen molar-refractivity contribution >= 4 is 0 Å². The molecule has 2 saturated carbocycles. The molecule has 0 aromatic heterocycles. The van der Waals surface area contributed by atoms with Crippen molar-refractivity contribution in [3.05, 3.63) is 0 Å². The third-order valence-electron chi connectivity index (χ3n) is 4.15. The van der Waals surface area contributed by atoms with E-state index in [2.05, 4.69) is 13.8 Å². The molecule has 2 aliphatic carbocycles. The fourth-order valence-electron chi connectivity index (χ4n) is 3.09. The quantitative estimate of drug-likeness (QED) is 0.672. The molecule has 2 N–H and O–H groups in total. The lowest BCUT2D eigenvalue weighted by Gasteiger charge is -2.19. The fraction of sp³-hybridized carbons (Fsp3) is 1.00. The lowest BCUT2D eigenvalue weighted by molar-refractivity contribution is 0.371. The maximum absolute atomic E-state index is 6.37. The largest absolute Gasteiger partial charge is 0.325 e. The van der Waals surface area contributed by atoms with Crippen LogP contribution in [0.25, 0.3) is 0 Å². The lowest BCUT2D eigenvalue weighted by atomic mass is 9.93. The summed E-state index contributed by atoms with van der Waals surface area (Å²) >= 11 is 0. The van der Waals surface area contributed by atoms with Crippen LogP contribution in [0.5, 0.6) is 0 Å². The average Bonchev–Trinajstić information content (AvgIpc) is 2.50. The first-order valence-electron chi connectivity index (χ1n) is 5.45. The van der Waals surface area contributed by atoms with Gasteiger partial charge in [-0.15, -0.1) is 0 Å². The molecule has 2 rings (SSSR count). The molecule has 0 bridgehead atoms. The molecule has 12 heavy (non-hydrogen) atoms. The Labute approximate surface area is 75.7 Å². The van der Waals surface area contributed by atoms with E-state index in [0.717, 1.165) is 17.8 Å². The van der Waals surface area contributed by atoms with Crippen molar-refractivity contribution < 1.29 is 0 Å². The Balaban J connectivity index is 1.94. The Hall–Kier alpha value is -0.0400. The van der Waals surface area contributed by atoms with E-state index in [1.165, 1.54) is 32.1 Å². The summed E-state index contributed by atoms with van der Waals surface area (Å²) in [5.74, 6) is 2.65. The number of hydrogen-bond donors (Lipinski definition) is 1. The van der Waals surface area contributed by atoms with Gasteiger partial charge in [0.15, 0.2) is 0 Å². The maximum Gasteiger partial charge on any atom is 0.0215 e. The van der Waals surface area contributed by atoms with E-state index < -0.39 is 0 Å². The Bertz CT molecular complexity index is 178. The molecule has 1 heteroatoms. The van der Waals surface area contributed by atoms with E-state index in [-0.39, 0.29) is 5.54 Å². The van der Waals surface area contributed by atoms with Crippen molar-refractivity contribution in [1.29, 1.82) is 0 Å². The smallest absolute Gasteiger partial charge is 0.0215 e. The highest BCUT2D eigenvalue weighted by Crippen LogP contribution is 2.54. The van der Waals surface area contributed by atoms with Crippen LogP contribution >= 0.6 is 0 Å². The van der Waals surface area contributed by atoms with Crippen LogP contribution < -0.4 is 5.73 Å². The van der Waals surface area contributed by atoms with Crippen molar-refractivity contribution in [2.75, 3.05) is 0 Å². The highest BCUT2D eigenvalue weighted by Gasteiger charge is 2.55. The van der Waals surface area contributed by atoms with E-state index >= 15 is 0 Å². The summed E-state index contributed by atoms with van der Waals surface area (Å²) in [4.78, 5) is 0. The van der Waals surface area contributed by atoms with Crippen LogP contribution in [-0.2, 0) is 0 Å². The van der Waals surface area contributed by atoms with Crippen LogP contribution in [0, 0.1) is 17.8 Å². The van der Waals surface area contributed by atoms with Gasteiger partial charge in [0.1, 0.15) is 0 Å². The van der Waals surface area contributed by atoms with Gasteiger partial charge in [-0.25, -0.2) is 0 Å². The van der Waals surface area contributed by atoms with E-state index in [9.17, 15) is 0 Å². The molecule has 0 aliphatic heterocycles. The van der Waals surface area contributed by atoms with Crippen LogP contribution in [0.2, 0.25) is 0 Å². The third-order valence-corrected chi connectivity index (χ3v) is 4.15. The van der Waals surface area contributed by atoms with Gasteiger partial charge in [-0.05, 0) is 37.0 Å². The van der Waals surface area contributed by atoms with Gasteiger partial charge < -0.3 is 5.73 Å². The van der Waals surface area contributed by atoms with Gasteiger partial charge in [-0.3, -0.25) is 0 Å². The summed E-state index contributed by atoms with van der Waals surface area (Å²) in [6.45, 7) is 4.64. The number of rotatable bonds is 2. The Morgan fingerprint density at radius 2 is 2.17 bits per heavy atom. The molecular weight excluding hydrogens is 146 g/mol. The maximum atomic E-state index is 6.37. The van der Waals surface area contributed by atoms with E-state index in [0.29, 0.717) is 0 Å². The van der Waals surface area contributed by atoms with Crippen molar-refractivity contribution in [3.63, 3.8) is 0 Å². The first kappa shape index (κ1) is 8.55. The van der Waals surface area contributed by atoms with Crippen LogP contribution in [0.4, 0.5) is 0 Å². The lowest BCUT2D eigenvalue weighted by Crippen LogP contribution is -2.33. The second-order valence-electron chi connectivity index (χ2n) is 5.04. The van der Waals surface area contributed by atoms with Crippen LogP contribution in [0.1, 0.15) is 46.0 Å². The van der Waals surface area contributed by atoms with Gasteiger partial charge in [0.2, 0.25) is 0 Å². The van der Waals surface area contributed by atoms with Crippen LogP contribution in [0.3, 0.4) is 0 Å². The molecule has 2 fully saturated rings. The summed E-state index contributed by atoms with van der Waals surface area (Å²) in [7, 11) is 0. The van der Waals surface area contributed by atoms with Crippen molar-refractivity contribution in [1.82, 2.24) is 0 Å². The molecule has 70 valence electrons. The molecule has 4 atom stereocenters. The molecule has 0 saturated heterocycles. The highest BCUT2D eigenvalue weighted by atomic mass is 14.9. The standard InChI is InChI=1S/C11H21N/c1-3-9-7-11(9,12)10-5-4-8(2)6-10/h8-10H,3-7,12H2,1-2H3. The number of hydrogen-bond acceptors (Lipinski definition) is 1. The zero-order chi connectivity index (χ0) is 8.77. The minimum Gasteiger partial charge on any atom is -0.325 e. The Morgan fingerprint density at radius 3 is 2.58 bits per heavy atom. The van der Waals surface area contributed by atoms with Crippen molar-refractivity contribution in [2.24, 2.45) is 23.5 Å². The molecule has 0 spiro atoms. The molecule has 0 radical (unpaired) electrons. The van der Waals surface area contributed by atoms with Crippen molar-refractivity contribution in [3.8, 4) is 0 Å². The van der Waals surface area contributed by atoms with Crippen LogP contribution in [-0.4, -0.2) is 5.54 Å². The Morgan fingerprint density at radius 1 is 1.42 bits per heavy atom. The third kappa shape index (κ3) is 1.19. The molecule has 0 amide bonds. The molecule has 0 aromatic carbocycles. The normalized spacial score (nSPS) is 52.8. The summed E-state index contributed by atoms with van der Waals surface area (Å²) in [5.41, 5.74) is 6.65. The van der Waals surface area contributed by atoms with Gasteiger partial charge >= 0.3 is 0 Å². The van der Waals surface area contributed by atoms with E-state index in [4.69, 9.17) is 5.73 Å². The molecule has 2 aliphatic rings.